The Bertz CT molecular complexity index is 1180. The van der Waals surface area contributed by atoms with Crippen LogP contribution in [0.3, 0.4) is 0 Å². The number of carbonyl (C=O) groups excluding carboxylic acids is 2. The third-order valence-corrected chi connectivity index (χ3v) is 7.94. The zero-order valence-electron chi connectivity index (χ0n) is 22.0. The molecule has 0 amide bonds. The molecule has 2 saturated heterocycles. The first kappa shape index (κ1) is 25.6. The summed E-state index contributed by atoms with van der Waals surface area (Å²) in [5, 5.41) is 0. The molecule has 0 N–H and O–H groups in total. The number of hydrogen-bond donors (Lipinski definition) is 0. The Labute approximate surface area is 227 Å². The maximum atomic E-state index is 12.8. The molecule has 2 fully saturated rings. The van der Waals surface area contributed by atoms with Gasteiger partial charge in [0.1, 0.15) is 23.7 Å². The third kappa shape index (κ3) is 5.31. The van der Waals surface area contributed by atoms with E-state index in [0.29, 0.717) is 54.7 Å². The predicted octanol–water partition coefficient (Wildman–Crippen LogP) is 4.82. The van der Waals surface area contributed by atoms with Crippen molar-refractivity contribution in [3.05, 3.63) is 84.0 Å². The normalized spacial score (nSPS) is 32.1. The molecular weight excluding hydrogens is 500 g/mol. The van der Waals surface area contributed by atoms with Crippen LogP contribution in [0.5, 0.6) is 11.5 Å². The van der Waals surface area contributed by atoms with Crippen molar-refractivity contribution in [2.24, 2.45) is 0 Å². The topological polar surface area (TPSA) is 89.5 Å². The highest BCUT2D eigenvalue weighted by atomic mass is 16.6. The van der Waals surface area contributed by atoms with Gasteiger partial charge < -0.3 is 28.4 Å². The molecule has 2 aromatic rings. The van der Waals surface area contributed by atoms with E-state index in [1.165, 1.54) is 0 Å². The Balaban J connectivity index is 1.11. The number of benzene rings is 2. The first-order valence-corrected chi connectivity index (χ1v) is 13.3. The Morgan fingerprint density at radius 2 is 1.13 bits per heavy atom. The number of carbonyl (C=O) groups is 2. The minimum absolute atomic E-state index is 0.128. The molecule has 8 nitrogen and oxygen atoms in total. The Morgan fingerprint density at radius 3 is 1.51 bits per heavy atom. The zero-order chi connectivity index (χ0) is 27.0. The number of hydrogen-bond acceptors (Lipinski definition) is 8. The van der Waals surface area contributed by atoms with Crippen molar-refractivity contribution >= 4 is 11.9 Å². The molecule has 2 aromatic carbocycles. The number of methoxy groups -OCH3 is 2. The molecule has 0 unspecified atom stereocenters. The van der Waals surface area contributed by atoms with Gasteiger partial charge in [0.15, 0.2) is 0 Å². The van der Waals surface area contributed by atoms with E-state index in [2.05, 4.69) is 24.3 Å². The first-order chi connectivity index (χ1) is 18.9. The maximum absolute atomic E-state index is 12.8. The quantitative estimate of drug-likeness (QED) is 0.353. The summed E-state index contributed by atoms with van der Waals surface area (Å²) >= 11 is 0. The van der Waals surface area contributed by atoms with Crippen molar-refractivity contribution in [1.82, 2.24) is 0 Å². The predicted molar refractivity (Wildman–Crippen MR) is 141 cm³/mol. The molecule has 0 aromatic heterocycles. The van der Waals surface area contributed by atoms with E-state index in [-0.39, 0.29) is 36.4 Å². The van der Waals surface area contributed by atoms with Crippen LogP contribution in [0.2, 0.25) is 0 Å². The molecule has 4 heterocycles. The van der Waals surface area contributed by atoms with Crippen LogP contribution in [0.4, 0.5) is 0 Å². The Hall–Kier alpha value is -3.62. The second-order valence-corrected chi connectivity index (χ2v) is 10.7. The summed E-state index contributed by atoms with van der Waals surface area (Å²) in [6.45, 7) is 0. The van der Waals surface area contributed by atoms with E-state index in [1.807, 2.05) is 0 Å². The lowest BCUT2D eigenvalue weighted by atomic mass is 9.79. The van der Waals surface area contributed by atoms with Crippen molar-refractivity contribution in [2.45, 2.75) is 67.7 Å². The Morgan fingerprint density at radius 1 is 0.718 bits per heavy atom. The van der Waals surface area contributed by atoms with Gasteiger partial charge in [-0.05, 0) is 48.5 Å². The van der Waals surface area contributed by atoms with Crippen LogP contribution in [0, 0.1) is 0 Å². The van der Waals surface area contributed by atoms with Gasteiger partial charge in [0.05, 0.1) is 48.8 Å². The molecule has 8 heteroatoms. The highest BCUT2D eigenvalue weighted by Crippen LogP contribution is 2.49. The average molecular weight is 533 g/mol. The summed E-state index contributed by atoms with van der Waals surface area (Å²) in [6, 6.07) is 13.8. The van der Waals surface area contributed by atoms with Crippen LogP contribution in [-0.4, -0.2) is 61.8 Å². The van der Waals surface area contributed by atoms with E-state index in [1.54, 1.807) is 62.8 Å². The molecule has 6 atom stereocenters. The fourth-order valence-electron chi connectivity index (χ4n) is 6.19. The monoisotopic (exact) mass is 532 g/mol. The summed E-state index contributed by atoms with van der Waals surface area (Å²) in [5.41, 5.74) is -0.299. The lowest BCUT2D eigenvalue weighted by molar-refractivity contribution is -0.166. The molecule has 0 saturated carbocycles. The van der Waals surface area contributed by atoms with Crippen molar-refractivity contribution in [3.63, 3.8) is 0 Å². The number of fused-ring (bicyclic) bond motifs is 4. The van der Waals surface area contributed by atoms with Crippen LogP contribution < -0.4 is 9.47 Å². The lowest BCUT2D eigenvalue weighted by Crippen LogP contribution is -2.50. The summed E-state index contributed by atoms with van der Waals surface area (Å²) in [6.07, 6.45) is 10.3. The summed E-state index contributed by atoms with van der Waals surface area (Å²) < 4.78 is 35.1. The molecule has 0 aliphatic carbocycles. The van der Waals surface area contributed by atoms with Gasteiger partial charge >= 0.3 is 11.9 Å². The van der Waals surface area contributed by atoms with Crippen LogP contribution in [0.15, 0.2) is 72.8 Å². The maximum Gasteiger partial charge on any atom is 0.338 e. The van der Waals surface area contributed by atoms with Gasteiger partial charge in [-0.15, -0.1) is 0 Å². The van der Waals surface area contributed by atoms with Gasteiger partial charge in [0.2, 0.25) is 0 Å². The van der Waals surface area contributed by atoms with Crippen molar-refractivity contribution in [2.75, 3.05) is 14.2 Å². The molecule has 0 spiro atoms. The Kier molecular flexibility index (Phi) is 6.69. The molecule has 4 bridgehead atoms. The summed E-state index contributed by atoms with van der Waals surface area (Å²) in [5.74, 6) is 0.637. The van der Waals surface area contributed by atoms with Gasteiger partial charge in [-0.1, -0.05) is 24.3 Å². The number of ether oxygens (including phenoxy) is 6. The van der Waals surface area contributed by atoms with E-state index in [9.17, 15) is 9.59 Å². The van der Waals surface area contributed by atoms with Crippen LogP contribution >= 0.6 is 0 Å². The molecule has 4 aliphatic heterocycles. The van der Waals surface area contributed by atoms with Crippen molar-refractivity contribution < 1.29 is 38.0 Å². The second-order valence-electron chi connectivity index (χ2n) is 10.7. The zero-order valence-corrected chi connectivity index (χ0v) is 22.0. The number of rotatable bonds is 8. The number of esters is 2. The van der Waals surface area contributed by atoms with E-state index in [0.717, 1.165) is 0 Å². The highest BCUT2D eigenvalue weighted by molar-refractivity contribution is 5.90. The van der Waals surface area contributed by atoms with Crippen LogP contribution in [-0.2, 0) is 18.9 Å². The molecule has 6 rings (SSSR count). The molecule has 204 valence electrons. The van der Waals surface area contributed by atoms with E-state index in [4.69, 9.17) is 28.4 Å². The lowest BCUT2D eigenvalue weighted by Gasteiger charge is -2.45. The minimum atomic E-state index is -0.630. The smallest absolute Gasteiger partial charge is 0.338 e. The SMILES string of the molecule is COc1ccc(C(=O)O[C@@H]2C[C@@H]3C=C[C@](C[C@@]45C=C[C@@H](C[C@@H](OC(=O)c6ccc(OC)cc6)C4)O5)(C2)O3)cc1. The largest absolute Gasteiger partial charge is 0.497 e. The second kappa shape index (κ2) is 10.2. The average Bonchev–Trinajstić information content (AvgIpc) is 3.41. The fraction of sp³-hybridized carbons (Fsp3) is 0.419. The first-order valence-electron chi connectivity index (χ1n) is 13.3. The molecular formula is C31H32O8. The molecule has 4 aliphatic rings. The van der Waals surface area contributed by atoms with Gasteiger partial charge in [-0.25, -0.2) is 9.59 Å². The van der Waals surface area contributed by atoms with E-state index < -0.39 is 11.2 Å². The molecule has 39 heavy (non-hydrogen) atoms. The standard InChI is InChI=1S/C31H32O8/c1-34-22-7-3-20(4-8-22)28(32)36-26-15-24-11-13-30(17-26,38-24)19-31-14-12-25(39-31)16-27(18-31)37-29(33)21-5-9-23(35-2)10-6-21/h3-14,24-27H,15-19H2,1-2H3/t24-,25-,26+,27+,30+,31+/m0/s1. The van der Waals surface area contributed by atoms with Gasteiger partial charge in [-0.3, -0.25) is 0 Å². The van der Waals surface area contributed by atoms with Gasteiger partial charge in [0.25, 0.3) is 0 Å². The van der Waals surface area contributed by atoms with Crippen LogP contribution in [0.1, 0.15) is 52.8 Å². The van der Waals surface area contributed by atoms with Crippen molar-refractivity contribution in [3.8, 4) is 11.5 Å². The minimum Gasteiger partial charge on any atom is -0.497 e. The summed E-state index contributed by atoms with van der Waals surface area (Å²) in [4.78, 5) is 25.7. The van der Waals surface area contributed by atoms with Crippen molar-refractivity contribution in [1.29, 1.82) is 0 Å². The highest BCUT2D eigenvalue weighted by Gasteiger charge is 2.53. The molecule has 0 radical (unpaired) electrons. The summed E-state index contributed by atoms with van der Waals surface area (Å²) in [7, 11) is 3.17. The van der Waals surface area contributed by atoms with E-state index >= 15 is 0 Å². The van der Waals surface area contributed by atoms with Gasteiger partial charge in [-0.2, -0.15) is 0 Å². The van der Waals surface area contributed by atoms with Gasteiger partial charge in [0, 0.05) is 32.1 Å². The fourth-order valence-corrected chi connectivity index (χ4v) is 6.19. The van der Waals surface area contributed by atoms with Crippen LogP contribution in [0.25, 0.3) is 0 Å². The third-order valence-electron chi connectivity index (χ3n) is 7.94.